The maximum Gasteiger partial charge on any atom is 0.0702 e. The van der Waals surface area contributed by atoms with E-state index in [1.807, 2.05) is 0 Å². The van der Waals surface area contributed by atoms with Crippen molar-refractivity contribution in [3.8, 4) is 0 Å². The first-order valence-electron chi connectivity index (χ1n) is 7.71. The van der Waals surface area contributed by atoms with Crippen LogP contribution in [0.15, 0.2) is 18.2 Å². The van der Waals surface area contributed by atoms with E-state index < -0.39 is 0 Å². The molecule has 3 heteroatoms. The molecule has 2 unspecified atom stereocenters. The summed E-state index contributed by atoms with van der Waals surface area (Å²) in [5.41, 5.74) is 10.0. The van der Waals surface area contributed by atoms with Crippen molar-refractivity contribution in [3.05, 3.63) is 34.9 Å². The predicted octanol–water partition coefficient (Wildman–Crippen LogP) is 2.80. The van der Waals surface area contributed by atoms with Crippen LogP contribution in [0.25, 0.3) is 0 Å². The van der Waals surface area contributed by atoms with Gasteiger partial charge < -0.3 is 10.5 Å². The van der Waals surface area contributed by atoms with E-state index in [2.05, 4.69) is 44.0 Å². The second-order valence-electron chi connectivity index (χ2n) is 6.04. The molecule has 1 aromatic rings. The molecule has 1 aliphatic rings. The van der Waals surface area contributed by atoms with Gasteiger partial charge in [0.1, 0.15) is 0 Å². The minimum atomic E-state index is 0.279. The Kier molecular flexibility index (Phi) is 5.58. The fraction of sp³-hybridized carbons (Fsp3) is 0.647. The van der Waals surface area contributed by atoms with E-state index >= 15 is 0 Å². The zero-order valence-corrected chi connectivity index (χ0v) is 13.1. The third-order valence-electron chi connectivity index (χ3n) is 4.31. The number of aryl methyl sites for hydroxylation is 2. The Balaban J connectivity index is 2.06. The molecule has 0 saturated carbocycles. The average Bonchev–Trinajstić information content (AvgIpc) is 2.43. The maximum absolute atomic E-state index is 6.04. The number of ether oxygens (including phenoxy) is 1. The van der Waals surface area contributed by atoms with Crippen LogP contribution < -0.4 is 5.73 Å². The number of hydrogen-bond donors (Lipinski definition) is 1. The van der Waals surface area contributed by atoms with Crippen molar-refractivity contribution in [3.63, 3.8) is 0 Å². The number of nitrogens with two attached hydrogens (primary N) is 1. The molecule has 0 aliphatic carbocycles. The molecule has 1 saturated heterocycles. The molecule has 20 heavy (non-hydrogen) atoms. The van der Waals surface area contributed by atoms with Gasteiger partial charge in [0.15, 0.2) is 0 Å². The van der Waals surface area contributed by atoms with E-state index in [9.17, 15) is 0 Å². The largest absolute Gasteiger partial charge is 0.377 e. The molecule has 3 nitrogen and oxygen atoms in total. The van der Waals surface area contributed by atoms with Crippen molar-refractivity contribution < 1.29 is 4.74 Å². The highest BCUT2D eigenvalue weighted by Crippen LogP contribution is 2.24. The monoisotopic (exact) mass is 276 g/mol. The van der Waals surface area contributed by atoms with Crippen molar-refractivity contribution in [2.45, 2.75) is 45.3 Å². The first-order chi connectivity index (χ1) is 9.61. The third kappa shape index (κ3) is 3.81. The van der Waals surface area contributed by atoms with Gasteiger partial charge in [-0.2, -0.15) is 0 Å². The van der Waals surface area contributed by atoms with Gasteiger partial charge in [-0.15, -0.1) is 0 Å². The molecule has 2 rings (SSSR count). The Labute approximate surface area is 123 Å². The van der Waals surface area contributed by atoms with Gasteiger partial charge in [-0.05, 0) is 51.3 Å². The lowest BCUT2D eigenvalue weighted by atomic mass is 9.97. The van der Waals surface area contributed by atoms with E-state index in [1.54, 1.807) is 0 Å². The molecule has 1 aromatic carbocycles. The minimum Gasteiger partial charge on any atom is -0.377 e. The van der Waals surface area contributed by atoms with Crippen LogP contribution in [0, 0.1) is 13.8 Å². The topological polar surface area (TPSA) is 38.5 Å². The quantitative estimate of drug-likeness (QED) is 0.898. The van der Waals surface area contributed by atoms with Crippen molar-refractivity contribution >= 4 is 0 Å². The van der Waals surface area contributed by atoms with Crippen LogP contribution in [0.5, 0.6) is 0 Å². The van der Waals surface area contributed by atoms with Crippen LogP contribution >= 0.6 is 0 Å². The van der Waals surface area contributed by atoms with Gasteiger partial charge in [0, 0.05) is 25.7 Å². The molecule has 0 bridgehead atoms. The van der Waals surface area contributed by atoms with Crippen LogP contribution in [0.3, 0.4) is 0 Å². The van der Waals surface area contributed by atoms with Crippen LogP contribution in [0.2, 0.25) is 0 Å². The van der Waals surface area contributed by atoms with Crippen LogP contribution in [0.1, 0.15) is 42.0 Å². The third-order valence-corrected chi connectivity index (χ3v) is 4.31. The normalized spacial score (nSPS) is 21.1. The highest BCUT2D eigenvalue weighted by atomic mass is 16.5. The van der Waals surface area contributed by atoms with Crippen LogP contribution in [-0.4, -0.2) is 37.7 Å². The molecule has 2 N–H and O–H groups in total. The van der Waals surface area contributed by atoms with Gasteiger partial charge in [0.05, 0.1) is 6.10 Å². The molecule has 2 atom stereocenters. The second kappa shape index (κ2) is 7.21. The molecule has 0 spiro atoms. The lowest BCUT2D eigenvalue weighted by Gasteiger charge is -2.33. The van der Waals surface area contributed by atoms with Gasteiger partial charge in [0.2, 0.25) is 0 Å². The second-order valence-corrected chi connectivity index (χ2v) is 6.04. The molecular formula is C17H28N2O. The highest BCUT2D eigenvalue weighted by molar-refractivity contribution is 5.33. The van der Waals surface area contributed by atoms with Gasteiger partial charge in [-0.1, -0.05) is 23.8 Å². The molecule has 112 valence electrons. The number of benzene rings is 1. The smallest absolute Gasteiger partial charge is 0.0702 e. The van der Waals surface area contributed by atoms with Gasteiger partial charge in [0.25, 0.3) is 0 Å². The number of rotatable bonds is 5. The molecule has 1 heterocycles. The van der Waals surface area contributed by atoms with E-state index in [0.29, 0.717) is 12.6 Å². The Bertz CT molecular complexity index is 427. The van der Waals surface area contributed by atoms with Crippen LogP contribution in [0.4, 0.5) is 0 Å². The van der Waals surface area contributed by atoms with E-state index in [-0.39, 0.29) is 6.04 Å². The average molecular weight is 276 g/mol. The summed E-state index contributed by atoms with van der Waals surface area (Å²) in [4.78, 5) is 2.35. The summed E-state index contributed by atoms with van der Waals surface area (Å²) >= 11 is 0. The summed E-state index contributed by atoms with van der Waals surface area (Å²) in [5.74, 6) is 0. The number of nitrogens with zero attached hydrogens (tertiary/aromatic N) is 1. The molecule has 0 radical (unpaired) electrons. The SMILES string of the molecule is Cc1ccc(C(CN)N(C)CC2CCCCO2)c(C)c1. The highest BCUT2D eigenvalue weighted by Gasteiger charge is 2.22. The lowest BCUT2D eigenvalue weighted by molar-refractivity contribution is -0.00781. The zero-order valence-electron chi connectivity index (χ0n) is 13.1. The Morgan fingerprint density at radius 1 is 1.35 bits per heavy atom. The van der Waals surface area contributed by atoms with Gasteiger partial charge in [-0.25, -0.2) is 0 Å². The summed E-state index contributed by atoms with van der Waals surface area (Å²) in [5, 5.41) is 0. The van der Waals surface area contributed by atoms with Crippen molar-refractivity contribution in [2.75, 3.05) is 26.7 Å². The summed E-state index contributed by atoms with van der Waals surface area (Å²) < 4.78 is 5.85. The van der Waals surface area contributed by atoms with E-state index in [1.165, 1.54) is 36.0 Å². The standard InChI is InChI=1S/C17H28N2O/c1-13-7-8-16(14(2)10-13)17(11-18)19(3)12-15-6-4-5-9-20-15/h7-8,10,15,17H,4-6,9,11-12,18H2,1-3H3. The first-order valence-corrected chi connectivity index (χ1v) is 7.71. The Morgan fingerprint density at radius 2 is 2.15 bits per heavy atom. The van der Waals surface area contributed by atoms with Gasteiger partial charge >= 0.3 is 0 Å². The fourth-order valence-electron chi connectivity index (χ4n) is 3.14. The minimum absolute atomic E-state index is 0.279. The Morgan fingerprint density at radius 3 is 2.75 bits per heavy atom. The summed E-state index contributed by atoms with van der Waals surface area (Å²) in [6.07, 6.45) is 4.04. The van der Waals surface area contributed by atoms with Crippen LogP contribution in [-0.2, 0) is 4.74 Å². The number of likely N-dealkylation sites (N-methyl/N-ethyl adjacent to an activating group) is 1. The molecule has 1 aliphatic heterocycles. The summed E-state index contributed by atoms with van der Waals surface area (Å²) in [6.45, 7) is 6.83. The van der Waals surface area contributed by atoms with Gasteiger partial charge in [-0.3, -0.25) is 4.90 Å². The zero-order chi connectivity index (χ0) is 14.5. The van der Waals surface area contributed by atoms with E-state index in [0.717, 1.165) is 13.2 Å². The van der Waals surface area contributed by atoms with Crippen molar-refractivity contribution in [1.29, 1.82) is 0 Å². The summed E-state index contributed by atoms with van der Waals surface area (Å²) in [7, 11) is 2.16. The fourth-order valence-corrected chi connectivity index (χ4v) is 3.14. The molecular weight excluding hydrogens is 248 g/mol. The summed E-state index contributed by atoms with van der Waals surface area (Å²) in [6, 6.07) is 6.92. The van der Waals surface area contributed by atoms with Crippen molar-refractivity contribution in [2.24, 2.45) is 5.73 Å². The first kappa shape index (κ1) is 15.5. The Hall–Kier alpha value is -0.900. The van der Waals surface area contributed by atoms with E-state index in [4.69, 9.17) is 10.5 Å². The van der Waals surface area contributed by atoms with Crippen molar-refractivity contribution in [1.82, 2.24) is 4.90 Å². The molecule has 0 amide bonds. The molecule has 1 fully saturated rings. The number of hydrogen-bond acceptors (Lipinski definition) is 3. The maximum atomic E-state index is 6.04. The predicted molar refractivity (Wildman–Crippen MR) is 83.9 cm³/mol. The lowest BCUT2D eigenvalue weighted by Crippen LogP contribution is -2.38. The molecule has 0 aromatic heterocycles.